The van der Waals surface area contributed by atoms with Crippen LogP contribution in [0.15, 0.2) is 60.9 Å². The number of anilines is 1. The average Bonchev–Trinajstić information content (AvgIpc) is 3.58. The first kappa shape index (κ1) is 20.4. The molecule has 0 bridgehead atoms. The second-order valence-corrected chi connectivity index (χ2v) is 10.4. The number of hydrogen-bond acceptors (Lipinski definition) is 4. The van der Waals surface area contributed by atoms with E-state index in [0.717, 1.165) is 24.3 Å². The van der Waals surface area contributed by atoms with E-state index >= 15 is 0 Å². The molecule has 6 rings (SSSR count). The maximum Gasteiger partial charge on any atom is 0.321 e. The van der Waals surface area contributed by atoms with E-state index in [4.69, 9.17) is 4.74 Å². The van der Waals surface area contributed by atoms with Gasteiger partial charge < -0.3 is 14.0 Å². The summed E-state index contributed by atoms with van der Waals surface area (Å²) >= 11 is 0. The molecule has 7 heteroatoms. The fourth-order valence-corrected chi connectivity index (χ4v) is 5.81. The number of rotatable bonds is 7. The Morgan fingerprint density at radius 1 is 1.03 bits per heavy atom. The molecule has 33 heavy (non-hydrogen) atoms. The number of aryl methyl sites for hydroxylation is 1. The molecule has 2 fully saturated rings. The monoisotopic (exact) mass is 458 g/mol. The van der Waals surface area contributed by atoms with Crippen LogP contribution in [0.3, 0.4) is 0 Å². The Kier molecular flexibility index (Phi) is 5.14. The zero-order chi connectivity index (χ0) is 22.4. The average molecular weight is 459 g/mol. The van der Waals surface area contributed by atoms with E-state index in [1.165, 1.54) is 47.0 Å². The second-order valence-electron chi connectivity index (χ2n) is 8.92. The predicted molar refractivity (Wildman–Crippen MR) is 132 cm³/mol. The van der Waals surface area contributed by atoms with Gasteiger partial charge in [-0.25, -0.2) is 14.2 Å². The Bertz CT molecular complexity index is 1330. The van der Waals surface area contributed by atoms with Crippen LogP contribution in [0.4, 0.5) is 5.69 Å². The highest BCUT2D eigenvalue weighted by atomic mass is 32.2. The van der Waals surface area contributed by atoms with Gasteiger partial charge in [0.15, 0.2) is 0 Å². The van der Waals surface area contributed by atoms with Gasteiger partial charge in [-0.1, -0.05) is 18.6 Å². The standard InChI is InChI=1S/C26H26N4O2S/c1-17-23-13-12-21(32-26-27-14-3-15-28-26)16-24(23)30(20-10-11-20)25(17)18-6-8-19(9-7-18)29-33(31)22-4-2-5-22/h3,6-9,12-16,20,22,29H,2,4-5,10-11H2,1H3. The van der Waals surface area contributed by atoms with E-state index in [9.17, 15) is 4.21 Å². The zero-order valence-electron chi connectivity index (χ0n) is 18.5. The number of ether oxygens (including phenoxy) is 1. The number of nitrogens with zero attached hydrogens (tertiary/aromatic N) is 3. The lowest BCUT2D eigenvalue weighted by atomic mass is 10.0. The highest BCUT2D eigenvalue weighted by Gasteiger charge is 2.30. The molecule has 2 aromatic carbocycles. The molecule has 0 spiro atoms. The van der Waals surface area contributed by atoms with Gasteiger partial charge in [-0.05, 0) is 74.1 Å². The smallest absolute Gasteiger partial charge is 0.321 e. The Morgan fingerprint density at radius 3 is 2.45 bits per heavy atom. The van der Waals surface area contributed by atoms with Gasteiger partial charge in [0.25, 0.3) is 0 Å². The molecule has 2 saturated carbocycles. The van der Waals surface area contributed by atoms with Crippen molar-refractivity contribution < 1.29 is 8.95 Å². The van der Waals surface area contributed by atoms with E-state index in [2.05, 4.69) is 50.4 Å². The van der Waals surface area contributed by atoms with E-state index in [0.29, 0.717) is 17.3 Å². The first-order chi connectivity index (χ1) is 16.2. The Balaban J connectivity index is 1.35. The quantitative estimate of drug-likeness (QED) is 0.360. The summed E-state index contributed by atoms with van der Waals surface area (Å²) in [6.07, 6.45) is 9.02. The van der Waals surface area contributed by atoms with E-state index < -0.39 is 11.0 Å². The third-order valence-electron chi connectivity index (χ3n) is 6.62. The number of hydrogen-bond donors (Lipinski definition) is 1. The van der Waals surface area contributed by atoms with Crippen LogP contribution in [-0.4, -0.2) is 24.0 Å². The van der Waals surface area contributed by atoms with Crippen LogP contribution in [0.5, 0.6) is 11.8 Å². The van der Waals surface area contributed by atoms with Crippen molar-refractivity contribution in [2.75, 3.05) is 4.72 Å². The first-order valence-electron chi connectivity index (χ1n) is 11.5. The van der Waals surface area contributed by atoms with Crippen LogP contribution in [-0.2, 0) is 11.0 Å². The summed E-state index contributed by atoms with van der Waals surface area (Å²) in [5, 5.41) is 1.52. The topological polar surface area (TPSA) is 69.0 Å². The van der Waals surface area contributed by atoms with E-state index in [1.807, 2.05) is 18.2 Å². The molecule has 4 aromatic rings. The molecule has 0 saturated heterocycles. The molecular weight excluding hydrogens is 432 g/mol. The Hall–Kier alpha value is -3.19. The van der Waals surface area contributed by atoms with Crippen molar-refractivity contribution in [2.24, 2.45) is 0 Å². The summed E-state index contributed by atoms with van der Waals surface area (Å²) in [4.78, 5) is 8.35. The molecule has 1 unspecified atom stereocenters. The molecule has 0 radical (unpaired) electrons. The Labute approximate surface area is 195 Å². The first-order valence-corrected chi connectivity index (χ1v) is 12.8. The lowest BCUT2D eigenvalue weighted by molar-refractivity contribution is 0.442. The molecule has 2 heterocycles. The molecule has 2 aromatic heterocycles. The molecule has 168 valence electrons. The van der Waals surface area contributed by atoms with Gasteiger partial charge in [0.1, 0.15) is 16.7 Å². The van der Waals surface area contributed by atoms with E-state index in [-0.39, 0.29) is 0 Å². The molecule has 0 aliphatic heterocycles. The van der Waals surface area contributed by atoms with Gasteiger partial charge in [0, 0.05) is 35.6 Å². The van der Waals surface area contributed by atoms with Crippen molar-refractivity contribution in [3.8, 4) is 23.0 Å². The lowest BCUT2D eigenvalue weighted by Crippen LogP contribution is -2.27. The number of fused-ring (bicyclic) bond motifs is 1. The SMILES string of the molecule is Cc1c(-c2ccc(NS(=O)C3CCC3)cc2)n(C2CC2)c2cc(Oc3ncccn3)ccc12. The van der Waals surface area contributed by atoms with Crippen LogP contribution in [0.2, 0.25) is 0 Å². The summed E-state index contributed by atoms with van der Waals surface area (Å²) < 4.78 is 24.0. The van der Waals surface area contributed by atoms with Crippen LogP contribution in [0.25, 0.3) is 22.2 Å². The fraction of sp³-hybridized carbons (Fsp3) is 0.308. The number of aromatic nitrogens is 3. The minimum Gasteiger partial charge on any atom is -0.424 e. The van der Waals surface area contributed by atoms with Gasteiger partial charge in [-0.2, -0.15) is 0 Å². The van der Waals surface area contributed by atoms with Crippen LogP contribution in [0.1, 0.15) is 43.7 Å². The maximum absolute atomic E-state index is 12.4. The zero-order valence-corrected chi connectivity index (χ0v) is 19.3. The molecule has 6 nitrogen and oxygen atoms in total. The van der Waals surface area contributed by atoms with Crippen molar-refractivity contribution in [3.05, 3.63) is 66.5 Å². The summed E-state index contributed by atoms with van der Waals surface area (Å²) in [5.74, 6) is 0.734. The molecule has 1 atom stereocenters. The molecule has 1 N–H and O–H groups in total. The highest BCUT2D eigenvalue weighted by Crippen LogP contribution is 2.45. The minimum atomic E-state index is -0.998. The number of benzene rings is 2. The molecule has 2 aliphatic rings. The fourth-order valence-electron chi connectivity index (χ4n) is 4.51. The summed E-state index contributed by atoms with van der Waals surface area (Å²) in [6, 6.07) is 17.2. The van der Waals surface area contributed by atoms with E-state index in [1.54, 1.807) is 18.5 Å². The van der Waals surface area contributed by atoms with Gasteiger partial charge in [0.05, 0.1) is 16.5 Å². The van der Waals surface area contributed by atoms with Crippen molar-refractivity contribution in [1.82, 2.24) is 14.5 Å². The largest absolute Gasteiger partial charge is 0.424 e. The third kappa shape index (κ3) is 3.91. The Morgan fingerprint density at radius 2 is 1.79 bits per heavy atom. The molecule has 0 amide bonds. The predicted octanol–water partition coefficient (Wildman–Crippen LogP) is 6.16. The lowest BCUT2D eigenvalue weighted by Gasteiger charge is -2.24. The van der Waals surface area contributed by atoms with Crippen molar-refractivity contribution in [1.29, 1.82) is 0 Å². The number of nitrogens with one attached hydrogen (secondary N) is 1. The minimum absolute atomic E-state index is 0.294. The maximum atomic E-state index is 12.4. The van der Waals surface area contributed by atoms with Crippen molar-refractivity contribution in [3.63, 3.8) is 0 Å². The van der Waals surface area contributed by atoms with Crippen molar-refractivity contribution >= 4 is 27.6 Å². The van der Waals surface area contributed by atoms with Crippen LogP contribution in [0, 0.1) is 6.92 Å². The summed E-state index contributed by atoms with van der Waals surface area (Å²) in [7, 11) is -0.998. The van der Waals surface area contributed by atoms with Gasteiger partial charge in [0.2, 0.25) is 0 Å². The van der Waals surface area contributed by atoms with Gasteiger partial charge >= 0.3 is 6.01 Å². The molecular formula is C26H26N4O2S. The normalized spacial score (nSPS) is 17.0. The highest BCUT2D eigenvalue weighted by molar-refractivity contribution is 7.87. The molecule has 2 aliphatic carbocycles. The van der Waals surface area contributed by atoms with Gasteiger partial charge in [-0.15, -0.1) is 0 Å². The van der Waals surface area contributed by atoms with Gasteiger partial charge in [-0.3, -0.25) is 0 Å². The van der Waals surface area contributed by atoms with Crippen LogP contribution >= 0.6 is 0 Å². The summed E-state index contributed by atoms with van der Waals surface area (Å²) in [6.45, 7) is 2.19. The third-order valence-corrected chi connectivity index (χ3v) is 8.14. The second kappa shape index (κ2) is 8.30. The van der Waals surface area contributed by atoms with Crippen LogP contribution < -0.4 is 9.46 Å². The van der Waals surface area contributed by atoms with Crippen molar-refractivity contribution in [2.45, 2.75) is 50.3 Å². The summed E-state index contributed by atoms with van der Waals surface area (Å²) in [5.41, 5.74) is 5.76.